The molecule has 0 saturated carbocycles. The Morgan fingerprint density at radius 2 is 2.35 bits per heavy atom. The van der Waals surface area contributed by atoms with Gasteiger partial charge in [-0.05, 0) is 31.2 Å². The molecule has 84 valence electrons. The lowest BCUT2D eigenvalue weighted by molar-refractivity contribution is 1.14. The number of hydrogen-bond acceptors (Lipinski definition) is 2. The maximum atomic E-state index is 5.78. The molecule has 0 aliphatic carbocycles. The Hall–Kier alpha value is -2.47. The number of terminal acetylenes is 1. The van der Waals surface area contributed by atoms with Crippen molar-refractivity contribution in [1.82, 2.24) is 9.55 Å². The van der Waals surface area contributed by atoms with Crippen LogP contribution in [0.4, 0.5) is 5.69 Å². The summed E-state index contributed by atoms with van der Waals surface area (Å²) in [5.41, 5.74) is 9.22. The van der Waals surface area contributed by atoms with Crippen LogP contribution in [0.3, 0.4) is 0 Å². The van der Waals surface area contributed by atoms with Crippen LogP contribution in [-0.2, 0) is 0 Å². The first-order valence-corrected chi connectivity index (χ1v) is 5.28. The van der Waals surface area contributed by atoms with Crippen molar-refractivity contribution in [3.8, 4) is 12.3 Å². The van der Waals surface area contributed by atoms with Gasteiger partial charge in [-0.25, -0.2) is 4.98 Å². The molecule has 0 amide bonds. The predicted octanol–water partition coefficient (Wildman–Crippen LogP) is 2.67. The minimum absolute atomic E-state index is 0.708. The summed E-state index contributed by atoms with van der Waals surface area (Å²) in [4.78, 5) is 4.31. The number of rotatable bonds is 2. The molecule has 3 heteroatoms. The smallest absolute Gasteiger partial charge is 0.100 e. The van der Waals surface area contributed by atoms with E-state index < -0.39 is 0 Å². The van der Waals surface area contributed by atoms with Gasteiger partial charge < -0.3 is 5.73 Å². The van der Waals surface area contributed by atoms with Crippen molar-refractivity contribution in [3.05, 3.63) is 42.8 Å². The Morgan fingerprint density at radius 1 is 1.53 bits per heavy atom. The lowest BCUT2D eigenvalue weighted by Gasteiger charge is -2.04. The van der Waals surface area contributed by atoms with E-state index in [9.17, 15) is 0 Å². The lowest BCUT2D eigenvalue weighted by atomic mass is 10.2. The highest BCUT2D eigenvalue weighted by Crippen LogP contribution is 2.20. The van der Waals surface area contributed by atoms with Crippen molar-refractivity contribution in [1.29, 1.82) is 0 Å². The molecule has 0 unspecified atom stereocenters. The van der Waals surface area contributed by atoms with Gasteiger partial charge in [-0.3, -0.25) is 4.57 Å². The van der Waals surface area contributed by atoms with E-state index in [-0.39, 0.29) is 0 Å². The molecule has 2 N–H and O–H groups in total. The second kappa shape index (κ2) is 4.58. The van der Waals surface area contributed by atoms with E-state index in [1.165, 1.54) is 0 Å². The fourth-order valence-electron chi connectivity index (χ4n) is 1.68. The van der Waals surface area contributed by atoms with Crippen LogP contribution in [0.2, 0.25) is 0 Å². The molecular weight excluding hydrogens is 210 g/mol. The second-order valence-corrected chi connectivity index (χ2v) is 3.60. The molecule has 3 nitrogen and oxygen atoms in total. The number of fused-ring (bicyclic) bond motifs is 1. The normalized spacial score (nSPS) is 12.1. The Bertz CT molecular complexity index is 639. The first kappa shape index (κ1) is 11.0. The maximum absolute atomic E-state index is 5.78. The molecule has 0 radical (unpaired) electrons. The minimum atomic E-state index is 0.708. The molecule has 0 saturated heterocycles. The van der Waals surface area contributed by atoms with Crippen LogP contribution in [0.15, 0.2) is 42.8 Å². The number of benzene rings is 1. The molecule has 1 heterocycles. The summed E-state index contributed by atoms with van der Waals surface area (Å²) in [6, 6.07) is 5.61. The van der Waals surface area contributed by atoms with Gasteiger partial charge >= 0.3 is 0 Å². The molecule has 1 aromatic heterocycles. The number of allylic oxidation sites excluding steroid dienone is 4. The van der Waals surface area contributed by atoms with Gasteiger partial charge in [0, 0.05) is 11.8 Å². The molecule has 0 spiro atoms. The minimum Gasteiger partial charge on any atom is -0.399 e. The molecule has 2 rings (SSSR count). The topological polar surface area (TPSA) is 43.8 Å². The van der Waals surface area contributed by atoms with Crippen LogP contribution in [0.25, 0.3) is 16.7 Å². The summed E-state index contributed by atoms with van der Waals surface area (Å²) in [7, 11) is 0. The van der Waals surface area contributed by atoms with E-state index in [0.717, 1.165) is 16.7 Å². The van der Waals surface area contributed by atoms with Crippen molar-refractivity contribution in [2.75, 3.05) is 5.73 Å². The van der Waals surface area contributed by atoms with Gasteiger partial charge in [-0.1, -0.05) is 12.0 Å². The van der Waals surface area contributed by atoms with Crippen molar-refractivity contribution < 1.29 is 0 Å². The third kappa shape index (κ3) is 2.06. The van der Waals surface area contributed by atoms with Crippen LogP contribution in [0.5, 0.6) is 0 Å². The van der Waals surface area contributed by atoms with Gasteiger partial charge in [0.1, 0.15) is 6.33 Å². The van der Waals surface area contributed by atoms with Crippen molar-refractivity contribution in [3.63, 3.8) is 0 Å². The zero-order chi connectivity index (χ0) is 12.3. The Morgan fingerprint density at radius 3 is 3.06 bits per heavy atom. The van der Waals surface area contributed by atoms with Crippen molar-refractivity contribution >= 4 is 22.4 Å². The Kier molecular flexibility index (Phi) is 2.97. The third-order valence-corrected chi connectivity index (χ3v) is 2.42. The standard InChI is InChI=1S/C14H13N3/c1-3-5-12(6-4-2)17-10-16-13-8-7-11(15)9-14(13)17/h1,4-10H,15H2,2H3/b6-4-,12-5+. The van der Waals surface area contributed by atoms with Gasteiger partial charge in [0.05, 0.1) is 16.7 Å². The average molecular weight is 223 g/mol. The molecular formula is C14H13N3. The van der Waals surface area contributed by atoms with Gasteiger partial charge in [-0.15, -0.1) is 6.42 Å². The van der Waals surface area contributed by atoms with E-state index in [0.29, 0.717) is 5.69 Å². The highest BCUT2D eigenvalue weighted by Gasteiger charge is 2.04. The quantitative estimate of drug-likeness (QED) is 0.483. The fourth-order valence-corrected chi connectivity index (χ4v) is 1.68. The summed E-state index contributed by atoms with van der Waals surface area (Å²) in [6.45, 7) is 1.94. The van der Waals surface area contributed by atoms with Crippen LogP contribution in [0, 0.1) is 12.3 Å². The van der Waals surface area contributed by atoms with E-state index in [1.54, 1.807) is 12.4 Å². The largest absolute Gasteiger partial charge is 0.399 e. The third-order valence-electron chi connectivity index (χ3n) is 2.42. The summed E-state index contributed by atoms with van der Waals surface area (Å²) >= 11 is 0. The van der Waals surface area contributed by atoms with Crippen LogP contribution < -0.4 is 5.73 Å². The van der Waals surface area contributed by atoms with E-state index in [2.05, 4.69) is 10.9 Å². The fraction of sp³-hybridized carbons (Fsp3) is 0.0714. The van der Waals surface area contributed by atoms with E-state index in [4.69, 9.17) is 12.2 Å². The van der Waals surface area contributed by atoms with Gasteiger partial charge in [0.15, 0.2) is 0 Å². The maximum Gasteiger partial charge on any atom is 0.100 e. The van der Waals surface area contributed by atoms with Gasteiger partial charge in [0.2, 0.25) is 0 Å². The van der Waals surface area contributed by atoms with Crippen LogP contribution >= 0.6 is 0 Å². The van der Waals surface area contributed by atoms with Crippen molar-refractivity contribution in [2.45, 2.75) is 6.92 Å². The molecule has 0 aliphatic rings. The first-order chi connectivity index (χ1) is 8.26. The predicted molar refractivity (Wildman–Crippen MR) is 72.1 cm³/mol. The average Bonchev–Trinajstić information content (AvgIpc) is 2.71. The Balaban J connectivity index is 2.66. The summed E-state index contributed by atoms with van der Waals surface area (Å²) in [5.74, 6) is 2.53. The number of anilines is 1. The first-order valence-electron chi connectivity index (χ1n) is 5.28. The zero-order valence-electron chi connectivity index (χ0n) is 9.59. The number of aromatic nitrogens is 2. The van der Waals surface area contributed by atoms with Gasteiger partial charge in [0.25, 0.3) is 0 Å². The molecule has 17 heavy (non-hydrogen) atoms. The molecule has 1 aromatic carbocycles. The summed E-state index contributed by atoms with van der Waals surface area (Å²) < 4.78 is 1.92. The molecule has 0 atom stereocenters. The molecule has 0 fully saturated rings. The summed E-state index contributed by atoms with van der Waals surface area (Å²) in [5, 5.41) is 0. The van der Waals surface area contributed by atoms with E-state index >= 15 is 0 Å². The number of hydrogen-bond donors (Lipinski definition) is 1. The van der Waals surface area contributed by atoms with Gasteiger partial charge in [-0.2, -0.15) is 0 Å². The summed E-state index contributed by atoms with van der Waals surface area (Å²) in [6.07, 6.45) is 12.6. The number of nitrogens with two attached hydrogens (primary N) is 1. The molecule has 2 aromatic rings. The molecule has 0 aliphatic heterocycles. The second-order valence-electron chi connectivity index (χ2n) is 3.60. The number of nitrogen functional groups attached to an aromatic ring is 1. The highest BCUT2D eigenvalue weighted by atomic mass is 15.1. The van der Waals surface area contributed by atoms with E-state index in [1.807, 2.05) is 41.8 Å². The Labute approximate surface area is 100 Å². The number of imidazole rings is 1. The number of nitrogens with zero attached hydrogens (tertiary/aromatic N) is 2. The monoisotopic (exact) mass is 223 g/mol. The highest BCUT2D eigenvalue weighted by molar-refractivity contribution is 5.83. The zero-order valence-corrected chi connectivity index (χ0v) is 9.59. The van der Waals surface area contributed by atoms with Crippen LogP contribution in [-0.4, -0.2) is 9.55 Å². The molecule has 0 bridgehead atoms. The SMILES string of the molecule is C#C/C=C(\C=C/C)n1cnc2ccc(N)cc21. The van der Waals surface area contributed by atoms with Crippen LogP contribution in [0.1, 0.15) is 6.92 Å². The lowest BCUT2D eigenvalue weighted by Crippen LogP contribution is -1.93. The van der Waals surface area contributed by atoms with Crippen molar-refractivity contribution in [2.24, 2.45) is 0 Å².